The number of para-hydroxylation sites is 1. The number of nitrogen functional groups attached to an aromatic ring is 1. The lowest BCUT2D eigenvalue weighted by Crippen LogP contribution is -2.23. The van der Waals surface area contributed by atoms with Crippen molar-refractivity contribution < 1.29 is 4.21 Å². The molecule has 14 heavy (non-hydrogen) atoms. The molecule has 1 unspecified atom stereocenters. The van der Waals surface area contributed by atoms with Crippen LogP contribution >= 0.6 is 0 Å². The van der Waals surface area contributed by atoms with E-state index in [9.17, 15) is 4.21 Å². The molecule has 0 amide bonds. The Kier molecular flexibility index (Phi) is 3.32. The lowest BCUT2D eigenvalue weighted by molar-refractivity contribution is 0.648. The Morgan fingerprint density at radius 2 is 1.86 bits per heavy atom. The molecule has 0 saturated carbocycles. The Bertz CT molecular complexity index is 341. The molecule has 2 nitrogen and oxygen atoms in total. The predicted molar refractivity (Wildman–Crippen MR) is 62.5 cm³/mol. The molecule has 0 spiro atoms. The van der Waals surface area contributed by atoms with E-state index < -0.39 is 10.8 Å². The second-order valence-corrected chi connectivity index (χ2v) is 6.51. The predicted octanol–water partition coefficient (Wildman–Crippen LogP) is 2.32. The third kappa shape index (κ3) is 2.84. The number of anilines is 1. The SMILES string of the molecule is CC(C)(C)S(=O)Cc1ccccc1N. The molecule has 1 atom stereocenters. The van der Waals surface area contributed by atoms with Crippen LogP contribution in [-0.2, 0) is 16.6 Å². The van der Waals surface area contributed by atoms with Gasteiger partial charge in [0, 0.05) is 21.2 Å². The third-order valence-corrected chi connectivity index (χ3v) is 3.96. The molecule has 1 aromatic carbocycles. The van der Waals surface area contributed by atoms with E-state index >= 15 is 0 Å². The van der Waals surface area contributed by atoms with Crippen LogP contribution in [0.15, 0.2) is 24.3 Å². The minimum Gasteiger partial charge on any atom is -0.398 e. The fourth-order valence-corrected chi connectivity index (χ4v) is 2.00. The van der Waals surface area contributed by atoms with Crippen molar-refractivity contribution in [3.05, 3.63) is 29.8 Å². The summed E-state index contributed by atoms with van der Waals surface area (Å²) in [4.78, 5) is 0. The van der Waals surface area contributed by atoms with Crippen LogP contribution in [0.4, 0.5) is 5.69 Å². The number of hydrogen-bond acceptors (Lipinski definition) is 2. The van der Waals surface area contributed by atoms with E-state index in [0.717, 1.165) is 11.3 Å². The largest absolute Gasteiger partial charge is 0.398 e. The van der Waals surface area contributed by atoms with Gasteiger partial charge in [-0.15, -0.1) is 0 Å². The van der Waals surface area contributed by atoms with E-state index in [1.165, 1.54) is 0 Å². The second kappa shape index (κ2) is 4.13. The van der Waals surface area contributed by atoms with Gasteiger partial charge in [0.2, 0.25) is 0 Å². The van der Waals surface area contributed by atoms with Crippen molar-refractivity contribution >= 4 is 16.5 Å². The minimum atomic E-state index is -0.879. The van der Waals surface area contributed by atoms with Crippen molar-refractivity contribution in [2.75, 3.05) is 5.73 Å². The summed E-state index contributed by atoms with van der Waals surface area (Å²) < 4.78 is 11.7. The standard InChI is InChI=1S/C11H17NOS/c1-11(2,3)14(13)8-9-6-4-5-7-10(9)12/h4-7H,8,12H2,1-3H3. The molecule has 0 aliphatic heterocycles. The maximum atomic E-state index is 11.8. The van der Waals surface area contributed by atoms with Gasteiger partial charge in [-0.3, -0.25) is 4.21 Å². The molecule has 0 aliphatic rings. The maximum absolute atomic E-state index is 11.8. The van der Waals surface area contributed by atoms with Crippen molar-refractivity contribution in [2.45, 2.75) is 31.3 Å². The summed E-state index contributed by atoms with van der Waals surface area (Å²) in [6.45, 7) is 5.92. The van der Waals surface area contributed by atoms with Crippen molar-refractivity contribution in [3.63, 3.8) is 0 Å². The number of nitrogens with two attached hydrogens (primary N) is 1. The van der Waals surface area contributed by atoms with Gasteiger partial charge in [-0.05, 0) is 32.4 Å². The van der Waals surface area contributed by atoms with Gasteiger partial charge < -0.3 is 5.73 Å². The van der Waals surface area contributed by atoms with Crippen LogP contribution in [-0.4, -0.2) is 8.96 Å². The molecule has 2 N–H and O–H groups in total. The Labute approximate surface area is 88.0 Å². The Morgan fingerprint density at radius 1 is 1.29 bits per heavy atom. The van der Waals surface area contributed by atoms with E-state index in [2.05, 4.69) is 0 Å². The summed E-state index contributed by atoms with van der Waals surface area (Å²) in [5.74, 6) is 0.538. The molecule has 1 rings (SSSR count). The summed E-state index contributed by atoms with van der Waals surface area (Å²) in [6, 6.07) is 7.58. The van der Waals surface area contributed by atoms with Gasteiger partial charge in [0.1, 0.15) is 0 Å². The van der Waals surface area contributed by atoms with Gasteiger partial charge in [-0.1, -0.05) is 18.2 Å². The first kappa shape index (κ1) is 11.2. The van der Waals surface area contributed by atoms with Crippen LogP contribution in [0.2, 0.25) is 0 Å². The van der Waals surface area contributed by atoms with Crippen molar-refractivity contribution in [2.24, 2.45) is 0 Å². The summed E-state index contributed by atoms with van der Waals surface area (Å²) in [5, 5.41) is 0. The van der Waals surface area contributed by atoms with Gasteiger partial charge in [0.05, 0.1) is 5.75 Å². The molecule has 78 valence electrons. The first-order chi connectivity index (χ1) is 6.41. The highest BCUT2D eigenvalue weighted by Gasteiger charge is 2.19. The van der Waals surface area contributed by atoms with Gasteiger partial charge in [-0.2, -0.15) is 0 Å². The molecule has 0 bridgehead atoms. The van der Waals surface area contributed by atoms with E-state index in [1.807, 2.05) is 45.0 Å². The highest BCUT2D eigenvalue weighted by Crippen LogP contribution is 2.19. The topological polar surface area (TPSA) is 43.1 Å². The van der Waals surface area contributed by atoms with Gasteiger partial charge in [0.25, 0.3) is 0 Å². The fraction of sp³-hybridized carbons (Fsp3) is 0.455. The second-order valence-electron chi connectivity index (χ2n) is 4.30. The molecule has 0 saturated heterocycles. The van der Waals surface area contributed by atoms with Gasteiger partial charge in [-0.25, -0.2) is 0 Å². The molecular weight excluding hydrogens is 194 g/mol. The minimum absolute atomic E-state index is 0.178. The quantitative estimate of drug-likeness (QED) is 0.763. The Balaban J connectivity index is 2.80. The van der Waals surface area contributed by atoms with E-state index in [4.69, 9.17) is 5.73 Å². The lowest BCUT2D eigenvalue weighted by atomic mass is 10.2. The molecule has 0 heterocycles. The monoisotopic (exact) mass is 211 g/mol. The summed E-state index contributed by atoms with van der Waals surface area (Å²) in [5.41, 5.74) is 7.48. The highest BCUT2D eigenvalue weighted by molar-refractivity contribution is 7.85. The zero-order valence-electron chi connectivity index (χ0n) is 8.91. The van der Waals surface area contributed by atoms with E-state index in [1.54, 1.807) is 0 Å². The fourth-order valence-electron chi connectivity index (χ4n) is 1.02. The van der Waals surface area contributed by atoms with Crippen LogP contribution in [0.25, 0.3) is 0 Å². The zero-order chi connectivity index (χ0) is 10.8. The summed E-state index contributed by atoms with van der Waals surface area (Å²) in [7, 11) is -0.879. The van der Waals surface area contributed by atoms with E-state index in [0.29, 0.717) is 5.75 Å². The van der Waals surface area contributed by atoms with Crippen LogP contribution < -0.4 is 5.73 Å². The number of rotatable bonds is 2. The molecule has 0 aliphatic carbocycles. The van der Waals surface area contributed by atoms with E-state index in [-0.39, 0.29) is 4.75 Å². The summed E-state index contributed by atoms with van der Waals surface area (Å²) in [6.07, 6.45) is 0. The van der Waals surface area contributed by atoms with Crippen LogP contribution in [0, 0.1) is 0 Å². The smallest absolute Gasteiger partial charge is 0.0511 e. The number of benzene rings is 1. The molecule has 3 heteroatoms. The van der Waals surface area contributed by atoms with Gasteiger partial charge in [0.15, 0.2) is 0 Å². The van der Waals surface area contributed by atoms with Crippen LogP contribution in [0.3, 0.4) is 0 Å². The van der Waals surface area contributed by atoms with Crippen LogP contribution in [0.5, 0.6) is 0 Å². The van der Waals surface area contributed by atoms with Crippen molar-refractivity contribution in [3.8, 4) is 0 Å². The lowest BCUT2D eigenvalue weighted by Gasteiger charge is -2.18. The molecule has 0 aromatic heterocycles. The average Bonchev–Trinajstić information content (AvgIpc) is 2.07. The molecule has 1 aromatic rings. The zero-order valence-corrected chi connectivity index (χ0v) is 9.73. The van der Waals surface area contributed by atoms with Crippen molar-refractivity contribution in [1.82, 2.24) is 0 Å². The Morgan fingerprint density at radius 3 is 2.36 bits per heavy atom. The first-order valence-electron chi connectivity index (χ1n) is 4.63. The first-order valence-corrected chi connectivity index (χ1v) is 5.95. The average molecular weight is 211 g/mol. The Hall–Kier alpha value is -0.830. The van der Waals surface area contributed by atoms with Crippen molar-refractivity contribution in [1.29, 1.82) is 0 Å². The normalized spacial score (nSPS) is 13.9. The molecule has 0 radical (unpaired) electrons. The third-order valence-electron chi connectivity index (χ3n) is 2.02. The van der Waals surface area contributed by atoms with Gasteiger partial charge >= 0.3 is 0 Å². The molecular formula is C11H17NOS. The molecule has 0 fully saturated rings. The number of hydrogen-bond donors (Lipinski definition) is 1. The maximum Gasteiger partial charge on any atom is 0.0511 e. The van der Waals surface area contributed by atoms with Crippen LogP contribution in [0.1, 0.15) is 26.3 Å². The summed E-state index contributed by atoms with van der Waals surface area (Å²) >= 11 is 0. The highest BCUT2D eigenvalue weighted by atomic mass is 32.2.